The van der Waals surface area contributed by atoms with Crippen LogP contribution in [0.2, 0.25) is 0 Å². The van der Waals surface area contributed by atoms with Crippen LogP contribution in [-0.4, -0.2) is 32.5 Å². The summed E-state index contributed by atoms with van der Waals surface area (Å²) in [5, 5.41) is 5.10. The zero-order valence-electron chi connectivity index (χ0n) is 39.9. The van der Waals surface area contributed by atoms with Crippen molar-refractivity contribution in [2.24, 2.45) is 0 Å². The van der Waals surface area contributed by atoms with Crippen molar-refractivity contribution in [2.75, 3.05) is 14.7 Å². The standard InChI is InChI=1S/C66H40B2N4OSe/c1-5-21-41(22-6-1)69-51-33-17-13-29-45(51)61-55(69)39-58-64-65(61)71(43-25-9-3-10-26-43)53-35-19-16-32-48(53)68(64)50-37-49-54(38-57(50)73-58)72(44-27-11-4-12-28-44)66-62-46-30-14-20-36-59(46)74-60(62)40-56-63(66)67(49)47-31-15-18-34-52(47)70(56)42-23-7-2-8-24-42/h1-40H. The summed E-state index contributed by atoms with van der Waals surface area (Å²) in [6, 6.07) is 89.9. The van der Waals surface area contributed by atoms with Gasteiger partial charge >= 0.3 is 324 Å². The molecule has 2 aromatic heterocycles. The van der Waals surface area contributed by atoms with Gasteiger partial charge in [0.2, 0.25) is 0 Å². The molecular weight excluding hydrogens is 965 g/mol. The summed E-state index contributed by atoms with van der Waals surface area (Å²) in [6.45, 7) is -0.206. The molecule has 0 bridgehead atoms. The van der Waals surface area contributed by atoms with Crippen LogP contribution >= 0.6 is 0 Å². The van der Waals surface area contributed by atoms with Gasteiger partial charge in [-0.25, -0.2) is 0 Å². The van der Waals surface area contributed by atoms with E-state index in [9.17, 15) is 0 Å². The molecule has 4 aliphatic heterocycles. The zero-order chi connectivity index (χ0) is 48.2. The second kappa shape index (κ2) is 15.3. The molecule has 342 valence electrons. The Kier molecular flexibility index (Phi) is 8.40. The van der Waals surface area contributed by atoms with Crippen molar-refractivity contribution < 1.29 is 4.74 Å². The van der Waals surface area contributed by atoms with E-state index in [1.165, 1.54) is 85.6 Å². The second-order valence-corrected chi connectivity index (χ2v) is 22.2. The molecular formula is C66H40B2N4OSe. The Morgan fingerprint density at radius 3 is 1.54 bits per heavy atom. The second-order valence-electron chi connectivity index (χ2n) is 19.9. The summed E-state index contributed by atoms with van der Waals surface area (Å²) >= 11 is 0.116. The van der Waals surface area contributed by atoms with Gasteiger partial charge in [-0.15, -0.1) is 0 Å². The molecule has 6 heterocycles. The molecule has 0 amide bonds. The van der Waals surface area contributed by atoms with Crippen LogP contribution in [0.15, 0.2) is 243 Å². The van der Waals surface area contributed by atoms with Crippen LogP contribution in [0.5, 0.6) is 11.5 Å². The molecule has 0 fully saturated rings. The third-order valence-electron chi connectivity index (χ3n) is 16.1. The van der Waals surface area contributed by atoms with Gasteiger partial charge in [0.25, 0.3) is 0 Å². The fourth-order valence-electron chi connectivity index (χ4n) is 13.3. The average molecular weight is 1010 g/mol. The first-order valence-electron chi connectivity index (χ1n) is 25.5. The zero-order valence-corrected chi connectivity index (χ0v) is 41.6. The van der Waals surface area contributed by atoms with E-state index in [0.717, 1.165) is 56.7 Å². The van der Waals surface area contributed by atoms with Crippen molar-refractivity contribution >= 4 is 153 Å². The topological polar surface area (TPSA) is 23.9 Å². The number of hydrogen-bond donors (Lipinski definition) is 0. The van der Waals surface area contributed by atoms with Gasteiger partial charge in [0.05, 0.1) is 5.52 Å². The molecule has 0 unspecified atom stereocenters. The molecule has 0 saturated heterocycles. The maximum atomic E-state index is 7.68. The molecule has 8 heteroatoms. The SMILES string of the molecule is c1ccc(N2c3ccccc3B3c4cc5c(cc4N(c4ccccc4)c4c3c2cc2[se]c3ccccc3c42)Oc2cc3c(c4c2B5c2ccccc2N4c2ccccc2)c2ccccc2n3-c2ccccc2)cc1. The average Bonchev–Trinajstić information content (AvgIpc) is 4.03. The van der Waals surface area contributed by atoms with Gasteiger partial charge < -0.3 is 0 Å². The number of hydrogen-bond acceptors (Lipinski definition) is 4. The predicted octanol–water partition coefficient (Wildman–Crippen LogP) is 12.6. The number of nitrogens with zero attached hydrogens (tertiary/aromatic N) is 4. The molecule has 0 N–H and O–H groups in total. The van der Waals surface area contributed by atoms with E-state index >= 15 is 0 Å². The Morgan fingerprint density at radius 1 is 0.324 bits per heavy atom. The number of para-hydroxylation sites is 7. The Bertz CT molecular complexity index is 4500. The minimum absolute atomic E-state index is 0.0752. The first-order valence-corrected chi connectivity index (χ1v) is 27.2. The normalized spacial score (nSPS) is 13.6. The molecule has 13 aromatic rings. The van der Waals surface area contributed by atoms with Crippen molar-refractivity contribution in [3.05, 3.63) is 243 Å². The van der Waals surface area contributed by atoms with Crippen LogP contribution in [0.25, 0.3) is 46.8 Å². The van der Waals surface area contributed by atoms with Gasteiger partial charge in [0.1, 0.15) is 0 Å². The van der Waals surface area contributed by atoms with E-state index in [1.54, 1.807) is 0 Å². The van der Waals surface area contributed by atoms with Crippen molar-refractivity contribution in [1.29, 1.82) is 0 Å². The number of rotatable bonds is 4. The Hall–Kier alpha value is -8.93. The van der Waals surface area contributed by atoms with Gasteiger partial charge in [-0.05, 0) is 30.3 Å². The molecule has 0 radical (unpaired) electrons. The quantitative estimate of drug-likeness (QED) is 0.164. The molecule has 17 rings (SSSR count). The van der Waals surface area contributed by atoms with Crippen LogP contribution in [0.4, 0.5) is 51.2 Å². The van der Waals surface area contributed by atoms with Gasteiger partial charge in [0, 0.05) is 16.8 Å². The van der Waals surface area contributed by atoms with Gasteiger partial charge in [0.15, 0.2) is 0 Å². The van der Waals surface area contributed by atoms with Crippen LogP contribution < -0.4 is 52.2 Å². The Labute approximate surface area is 434 Å². The van der Waals surface area contributed by atoms with E-state index in [-0.39, 0.29) is 27.9 Å². The first-order chi connectivity index (χ1) is 36.8. The summed E-state index contributed by atoms with van der Waals surface area (Å²) in [4.78, 5) is 7.64. The molecule has 4 aliphatic rings. The molecule has 74 heavy (non-hydrogen) atoms. The Balaban J connectivity index is 1.01. The van der Waals surface area contributed by atoms with Crippen molar-refractivity contribution in [1.82, 2.24) is 4.57 Å². The van der Waals surface area contributed by atoms with Gasteiger partial charge in [-0.1, -0.05) is 60.7 Å². The summed E-state index contributed by atoms with van der Waals surface area (Å²) < 4.78 is 12.9. The van der Waals surface area contributed by atoms with Crippen molar-refractivity contribution in [3.63, 3.8) is 0 Å². The summed E-state index contributed by atoms with van der Waals surface area (Å²) in [7, 11) is 0. The van der Waals surface area contributed by atoms with Crippen LogP contribution in [0.1, 0.15) is 0 Å². The summed E-state index contributed by atoms with van der Waals surface area (Å²) in [5.41, 5.74) is 21.5. The van der Waals surface area contributed by atoms with Gasteiger partial charge in [-0.3, -0.25) is 0 Å². The van der Waals surface area contributed by atoms with Crippen LogP contribution in [-0.2, 0) is 0 Å². The molecule has 0 saturated carbocycles. The predicted molar refractivity (Wildman–Crippen MR) is 313 cm³/mol. The number of aromatic nitrogens is 1. The van der Waals surface area contributed by atoms with Crippen LogP contribution in [0.3, 0.4) is 0 Å². The third kappa shape index (κ3) is 5.45. The molecule has 0 aliphatic carbocycles. The number of ether oxygens (including phenoxy) is 1. The third-order valence-corrected chi connectivity index (χ3v) is 18.5. The number of anilines is 9. The van der Waals surface area contributed by atoms with Crippen molar-refractivity contribution in [3.8, 4) is 17.2 Å². The number of fused-ring (bicyclic) bond motifs is 16. The monoisotopic (exact) mass is 1010 g/mol. The summed E-state index contributed by atoms with van der Waals surface area (Å²) in [6.07, 6.45) is 0. The minimum atomic E-state index is -0.131. The molecule has 5 nitrogen and oxygen atoms in total. The number of benzene rings is 11. The fraction of sp³-hybridized carbons (Fsp3) is 0. The molecule has 0 atom stereocenters. The summed E-state index contributed by atoms with van der Waals surface area (Å²) in [5.74, 6) is 1.76. The Morgan fingerprint density at radius 2 is 0.851 bits per heavy atom. The first kappa shape index (κ1) is 40.6. The van der Waals surface area contributed by atoms with E-state index in [2.05, 4.69) is 262 Å². The van der Waals surface area contributed by atoms with Crippen molar-refractivity contribution in [2.45, 2.75) is 0 Å². The van der Waals surface area contributed by atoms with E-state index in [4.69, 9.17) is 4.74 Å². The van der Waals surface area contributed by atoms with E-state index in [0.29, 0.717) is 0 Å². The van der Waals surface area contributed by atoms with Gasteiger partial charge in [-0.2, -0.15) is 0 Å². The van der Waals surface area contributed by atoms with Crippen LogP contribution in [0, 0.1) is 0 Å². The maximum absolute atomic E-state index is 7.68. The molecule has 11 aromatic carbocycles. The van der Waals surface area contributed by atoms with E-state index < -0.39 is 0 Å². The molecule has 0 spiro atoms. The van der Waals surface area contributed by atoms with E-state index in [1.807, 2.05) is 0 Å². The fourth-order valence-corrected chi connectivity index (χ4v) is 15.7.